The molecule has 0 saturated carbocycles. The lowest BCUT2D eigenvalue weighted by Crippen LogP contribution is -2.42. The Morgan fingerprint density at radius 1 is 1.36 bits per heavy atom. The zero-order valence-corrected chi connectivity index (χ0v) is 13.1. The van der Waals surface area contributed by atoms with Gasteiger partial charge < -0.3 is 5.11 Å². The molecule has 2 N–H and O–H groups in total. The van der Waals surface area contributed by atoms with Crippen molar-refractivity contribution in [2.75, 3.05) is 19.3 Å². The summed E-state index contributed by atoms with van der Waals surface area (Å²) in [6, 6.07) is 9.53. The molecule has 2 heterocycles. The molecular weight excluding hydrogens is 302 g/mol. The van der Waals surface area contributed by atoms with E-state index in [2.05, 4.69) is 15.8 Å². The maximum atomic E-state index is 11.3. The van der Waals surface area contributed by atoms with Crippen LogP contribution in [0.2, 0.25) is 0 Å². The van der Waals surface area contributed by atoms with Crippen LogP contribution in [0.1, 0.15) is 5.56 Å². The van der Waals surface area contributed by atoms with Gasteiger partial charge >= 0.3 is 0 Å². The van der Waals surface area contributed by atoms with E-state index < -0.39 is 22.2 Å². The first-order valence-electron chi connectivity index (χ1n) is 7.12. The molecule has 118 valence electrons. The monoisotopic (exact) mass is 321 g/mol. The maximum absolute atomic E-state index is 11.3. The first-order chi connectivity index (χ1) is 10.4. The molecule has 6 nitrogen and oxygen atoms in total. The number of benzene rings is 1. The summed E-state index contributed by atoms with van der Waals surface area (Å²) in [5.41, 5.74) is 2.07. The number of aliphatic hydroxyl groups is 1. The van der Waals surface area contributed by atoms with E-state index in [1.54, 1.807) is 6.20 Å². The fraction of sp³-hybridized carbons (Fsp3) is 0.400. The molecule has 1 fully saturated rings. The lowest BCUT2D eigenvalue weighted by Gasteiger charge is -2.16. The summed E-state index contributed by atoms with van der Waals surface area (Å²) in [6.07, 6.45) is 2.19. The second-order valence-corrected chi connectivity index (χ2v) is 7.57. The van der Waals surface area contributed by atoms with E-state index in [0.717, 1.165) is 22.7 Å². The van der Waals surface area contributed by atoms with E-state index >= 15 is 0 Å². The minimum absolute atomic E-state index is 0.447. The van der Waals surface area contributed by atoms with E-state index in [4.69, 9.17) is 0 Å². The van der Waals surface area contributed by atoms with E-state index in [1.807, 2.05) is 29.2 Å². The highest BCUT2D eigenvalue weighted by molar-refractivity contribution is 7.88. The molecular formula is C15H19N3O3S. The molecule has 1 aliphatic heterocycles. The minimum atomic E-state index is -3.31. The Bertz CT molecular complexity index is 778. The summed E-state index contributed by atoms with van der Waals surface area (Å²) < 4.78 is 25.1. The third kappa shape index (κ3) is 3.61. The molecule has 0 aliphatic carbocycles. The predicted molar refractivity (Wildman–Crippen MR) is 84.8 cm³/mol. The summed E-state index contributed by atoms with van der Waals surface area (Å²) in [6.45, 7) is 1.63. The molecule has 2 aromatic rings. The van der Waals surface area contributed by atoms with Gasteiger partial charge in [0.2, 0.25) is 10.0 Å². The molecule has 1 saturated heterocycles. The van der Waals surface area contributed by atoms with Crippen LogP contribution in [0.4, 0.5) is 0 Å². The number of aliphatic hydroxyl groups excluding tert-OH is 1. The summed E-state index contributed by atoms with van der Waals surface area (Å²) in [4.78, 5) is 6.33. The normalized spacial score (nSPS) is 23.2. The van der Waals surface area contributed by atoms with Crippen LogP contribution in [0.3, 0.4) is 0 Å². The van der Waals surface area contributed by atoms with Crippen LogP contribution < -0.4 is 4.72 Å². The highest BCUT2D eigenvalue weighted by atomic mass is 32.2. The molecule has 0 amide bonds. The minimum Gasteiger partial charge on any atom is -0.390 e. The number of rotatable bonds is 4. The number of likely N-dealkylation sites (tertiary alicyclic amines) is 1. The molecule has 1 aromatic heterocycles. The van der Waals surface area contributed by atoms with Crippen molar-refractivity contribution in [3.8, 4) is 0 Å². The van der Waals surface area contributed by atoms with Crippen molar-refractivity contribution in [2.24, 2.45) is 0 Å². The zero-order valence-electron chi connectivity index (χ0n) is 12.3. The second-order valence-electron chi connectivity index (χ2n) is 5.79. The Labute approximate surface area is 129 Å². The zero-order chi connectivity index (χ0) is 15.7. The molecule has 0 spiro atoms. The van der Waals surface area contributed by atoms with Crippen LogP contribution in [0.5, 0.6) is 0 Å². The van der Waals surface area contributed by atoms with Crippen molar-refractivity contribution in [1.82, 2.24) is 14.6 Å². The van der Waals surface area contributed by atoms with Crippen molar-refractivity contribution in [3.05, 3.63) is 42.1 Å². The van der Waals surface area contributed by atoms with Crippen LogP contribution >= 0.6 is 0 Å². The van der Waals surface area contributed by atoms with Gasteiger partial charge in [0.15, 0.2) is 0 Å². The number of pyridine rings is 1. The number of β-amino-alcohol motifs (C(OH)–C–C–N with tert-alkyl or cyclic N) is 1. The molecule has 22 heavy (non-hydrogen) atoms. The molecule has 0 unspecified atom stereocenters. The lowest BCUT2D eigenvalue weighted by molar-refractivity contribution is 0.160. The Kier molecular flexibility index (Phi) is 4.14. The number of fused-ring (bicyclic) bond motifs is 1. The molecule has 0 bridgehead atoms. The SMILES string of the molecule is CS(=O)(=O)N[C@@H]1CN(Cc2ccc3ncccc3c2)C[C@H]1O. The van der Waals surface area contributed by atoms with Crippen molar-refractivity contribution in [2.45, 2.75) is 18.7 Å². The number of nitrogens with one attached hydrogen (secondary N) is 1. The van der Waals surface area contributed by atoms with Gasteiger partial charge in [-0.2, -0.15) is 0 Å². The number of sulfonamides is 1. The largest absolute Gasteiger partial charge is 0.390 e. The van der Waals surface area contributed by atoms with Crippen LogP contribution in [0.25, 0.3) is 10.9 Å². The summed E-state index contributed by atoms with van der Waals surface area (Å²) in [5, 5.41) is 11.1. The predicted octanol–water partition coefficient (Wildman–Crippen LogP) is 0.329. The fourth-order valence-corrected chi connectivity index (χ4v) is 3.65. The maximum Gasteiger partial charge on any atom is 0.209 e. The summed E-state index contributed by atoms with van der Waals surface area (Å²) in [7, 11) is -3.31. The van der Waals surface area contributed by atoms with Crippen LogP contribution in [-0.2, 0) is 16.6 Å². The standard InChI is InChI=1S/C15H19N3O3S/c1-22(20,21)17-14-9-18(10-15(14)19)8-11-4-5-13-12(7-11)3-2-6-16-13/h2-7,14-15,17,19H,8-10H2,1H3/t14-,15-/m1/s1. The molecule has 0 radical (unpaired) electrons. The van der Waals surface area contributed by atoms with Crippen molar-refractivity contribution in [3.63, 3.8) is 0 Å². The number of hydrogen-bond donors (Lipinski definition) is 2. The quantitative estimate of drug-likeness (QED) is 0.848. The van der Waals surface area contributed by atoms with Crippen molar-refractivity contribution in [1.29, 1.82) is 0 Å². The van der Waals surface area contributed by atoms with Gasteiger partial charge in [-0.3, -0.25) is 9.88 Å². The van der Waals surface area contributed by atoms with E-state index in [-0.39, 0.29) is 0 Å². The summed E-state index contributed by atoms with van der Waals surface area (Å²) in [5.74, 6) is 0. The third-order valence-electron chi connectivity index (χ3n) is 3.80. The molecule has 1 aromatic carbocycles. The number of aromatic nitrogens is 1. The highest BCUT2D eigenvalue weighted by Gasteiger charge is 2.32. The number of hydrogen-bond acceptors (Lipinski definition) is 5. The first-order valence-corrected chi connectivity index (χ1v) is 9.01. The first kappa shape index (κ1) is 15.4. The topological polar surface area (TPSA) is 82.5 Å². The third-order valence-corrected chi connectivity index (χ3v) is 4.53. The highest BCUT2D eigenvalue weighted by Crippen LogP contribution is 2.18. The van der Waals surface area contributed by atoms with Crippen LogP contribution in [-0.4, -0.2) is 54.9 Å². The van der Waals surface area contributed by atoms with E-state index in [1.165, 1.54) is 0 Å². The van der Waals surface area contributed by atoms with Gasteiger partial charge in [-0.05, 0) is 23.8 Å². The van der Waals surface area contributed by atoms with Crippen LogP contribution in [0.15, 0.2) is 36.5 Å². The lowest BCUT2D eigenvalue weighted by atomic mass is 10.1. The average molecular weight is 321 g/mol. The van der Waals surface area contributed by atoms with Gasteiger partial charge in [0.1, 0.15) is 0 Å². The molecule has 3 rings (SSSR count). The smallest absolute Gasteiger partial charge is 0.209 e. The van der Waals surface area contributed by atoms with Crippen molar-refractivity contribution >= 4 is 20.9 Å². The Morgan fingerprint density at radius 2 is 2.18 bits per heavy atom. The van der Waals surface area contributed by atoms with Gasteiger partial charge in [-0.25, -0.2) is 13.1 Å². The Balaban J connectivity index is 1.70. The van der Waals surface area contributed by atoms with Crippen LogP contribution in [0, 0.1) is 0 Å². The Morgan fingerprint density at radius 3 is 2.95 bits per heavy atom. The molecule has 1 aliphatic rings. The van der Waals surface area contributed by atoms with Gasteiger partial charge in [0.25, 0.3) is 0 Å². The van der Waals surface area contributed by atoms with E-state index in [0.29, 0.717) is 19.6 Å². The Hall–Kier alpha value is -1.54. The average Bonchev–Trinajstić information content (AvgIpc) is 2.76. The van der Waals surface area contributed by atoms with Gasteiger partial charge in [-0.15, -0.1) is 0 Å². The van der Waals surface area contributed by atoms with Gasteiger partial charge in [0.05, 0.1) is 23.9 Å². The fourth-order valence-electron chi connectivity index (χ4n) is 2.87. The molecule has 7 heteroatoms. The second kappa shape index (κ2) is 5.92. The van der Waals surface area contributed by atoms with Gasteiger partial charge in [0, 0.05) is 31.2 Å². The summed E-state index contributed by atoms with van der Waals surface area (Å²) >= 11 is 0. The van der Waals surface area contributed by atoms with Gasteiger partial charge in [-0.1, -0.05) is 12.1 Å². The number of nitrogens with zero attached hydrogens (tertiary/aromatic N) is 2. The van der Waals surface area contributed by atoms with E-state index in [9.17, 15) is 13.5 Å². The molecule has 2 atom stereocenters. The van der Waals surface area contributed by atoms with Crippen molar-refractivity contribution < 1.29 is 13.5 Å².